The molecule has 122 valence electrons. The summed E-state index contributed by atoms with van der Waals surface area (Å²) in [4.78, 5) is 14.2. The zero-order chi connectivity index (χ0) is 15.9. The molecular weight excluding hydrogens is 287 g/mol. The van der Waals surface area contributed by atoms with Gasteiger partial charge in [-0.15, -0.1) is 0 Å². The van der Waals surface area contributed by atoms with E-state index in [1.54, 1.807) is 6.07 Å². The number of aliphatic hydroxyl groups excluding tert-OH is 1. The topological polar surface area (TPSA) is 61.8 Å². The number of nitrogens with zero attached hydrogens (tertiary/aromatic N) is 1. The third-order valence-corrected chi connectivity index (χ3v) is 3.99. The molecule has 1 amide bonds. The number of hydrogen-bond acceptors (Lipinski definition) is 4. The molecule has 0 radical (unpaired) electrons. The van der Waals surface area contributed by atoms with E-state index in [4.69, 9.17) is 4.74 Å². The Morgan fingerprint density at radius 2 is 2.36 bits per heavy atom. The van der Waals surface area contributed by atoms with E-state index in [1.807, 2.05) is 0 Å². The summed E-state index contributed by atoms with van der Waals surface area (Å²) in [6, 6.07) is 4.16. The molecule has 1 fully saturated rings. The monoisotopic (exact) mass is 310 g/mol. The van der Waals surface area contributed by atoms with Crippen LogP contribution in [0.5, 0.6) is 5.75 Å². The summed E-state index contributed by atoms with van der Waals surface area (Å²) < 4.78 is 18.4. The third kappa shape index (κ3) is 4.42. The van der Waals surface area contributed by atoms with Gasteiger partial charge < -0.3 is 20.1 Å². The van der Waals surface area contributed by atoms with Crippen molar-refractivity contribution in [3.05, 3.63) is 29.6 Å². The van der Waals surface area contributed by atoms with Gasteiger partial charge in [0.05, 0.1) is 7.11 Å². The fraction of sp³-hybridized carbons (Fsp3) is 0.562. The minimum atomic E-state index is -0.544. The number of benzene rings is 1. The maximum absolute atomic E-state index is 13.6. The molecule has 2 N–H and O–H groups in total. The van der Waals surface area contributed by atoms with Crippen molar-refractivity contribution in [1.29, 1.82) is 0 Å². The first kappa shape index (κ1) is 16.7. The molecule has 2 rings (SSSR count). The number of rotatable bonds is 6. The Morgan fingerprint density at radius 1 is 1.55 bits per heavy atom. The fourth-order valence-corrected chi connectivity index (χ4v) is 2.74. The van der Waals surface area contributed by atoms with Crippen molar-refractivity contribution in [2.75, 3.05) is 39.9 Å². The molecule has 1 saturated heterocycles. The summed E-state index contributed by atoms with van der Waals surface area (Å²) in [6.07, 6.45) is 2.13. The first-order chi connectivity index (χ1) is 10.6. The Balaban J connectivity index is 1.79. The van der Waals surface area contributed by atoms with Crippen molar-refractivity contribution in [1.82, 2.24) is 10.2 Å². The van der Waals surface area contributed by atoms with Crippen LogP contribution < -0.4 is 10.1 Å². The summed E-state index contributed by atoms with van der Waals surface area (Å²) in [5.41, 5.74) is 0.283. The Bertz CT molecular complexity index is 510. The van der Waals surface area contributed by atoms with E-state index in [2.05, 4.69) is 10.2 Å². The van der Waals surface area contributed by atoms with Crippen LogP contribution in [0.15, 0.2) is 18.2 Å². The Hall–Kier alpha value is -1.66. The fourth-order valence-electron chi connectivity index (χ4n) is 2.74. The number of hydrogen-bond donors (Lipinski definition) is 2. The van der Waals surface area contributed by atoms with Crippen LogP contribution in [0.25, 0.3) is 0 Å². The molecule has 0 spiro atoms. The molecule has 6 heteroatoms. The van der Waals surface area contributed by atoms with Crippen LogP contribution >= 0.6 is 0 Å². The molecule has 1 heterocycles. The minimum absolute atomic E-state index is 0.125. The lowest BCUT2D eigenvalue weighted by Gasteiger charge is -2.31. The number of aliphatic hydroxyl groups is 1. The standard InChI is InChI=1S/C16H23FN2O3/c1-22-15-5-4-13(9-14(15)17)16(21)18-6-8-19-7-2-3-12(10-19)11-20/h4-5,9,12,20H,2-3,6-8,10-11H2,1H3,(H,18,21). The second-order valence-corrected chi connectivity index (χ2v) is 5.60. The second-order valence-electron chi connectivity index (χ2n) is 5.60. The SMILES string of the molecule is COc1ccc(C(=O)NCCN2CCCC(CO)C2)cc1F. The number of halogens is 1. The predicted octanol–water partition coefficient (Wildman–Crippen LogP) is 1.27. The van der Waals surface area contributed by atoms with Gasteiger partial charge in [-0.3, -0.25) is 4.79 Å². The molecule has 1 aromatic rings. The molecule has 1 aromatic carbocycles. The smallest absolute Gasteiger partial charge is 0.251 e. The molecule has 1 aliphatic rings. The minimum Gasteiger partial charge on any atom is -0.494 e. The van der Waals surface area contributed by atoms with Gasteiger partial charge in [-0.25, -0.2) is 4.39 Å². The maximum Gasteiger partial charge on any atom is 0.251 e. The van der Waals surface area contributed by atoms with Crippen LogP contribution in [-0.4, -0.2) is 55.8 Å². The van der Waals surface area contributed by atoms with Crippen molar-refractivity contribution >= 4 is 5.91 Å². The van der Waals surface area contributed by atoms with Crippen LogP contribution in [0.2, 0.25) is 0 Å². The number of amides is 1. The van der Waals surface area contributed by atoms with E-state index in [-0.39, 0.29) is 23.8 Å². The lowest BCUT2D eigenvalue weighted by Crippen LogP contribution is -2.41. The predicted molar refractivity (Wildman–Crippen MR) is 81.5 cm³/mol. The van der Waals surface area contributed by atoms with Gasteiger partial charge in [-0.05, 0) is 43.5 Å². The molecule has 0 saturated carbocycles. The zero-order valence-corrected chi connectivity index (χ0v) is 12.8. The number of likely N-dealkylation sites (tertiary alicyclic amines) is 1. The van der Waals surface area contributed by atoms with E-state index < -0.39 is 5.82 Å². The van der Waals surface area contributed by atoms with Crippen molar-refractivity contribution in [3.63, 3.8) is 0 Å². The van der Waals surface area contributed by atoms with Crippen molar-refractivity contribution in [3.8, 4) is 5.75 Å². The number of piperidine rings is 1. The van der Waals surface area contributed by atoms with Gasteiger partial charge in [0.15, 0.2) is 11.6 Å². The molecule has 0 aromatic heterocycles. The summed E-state index contributed by atoms with van der Waals surface area (Å²) in [7, 11) is 1.39. The average Bonchev–Trinajstić information content (AvgIpc) is 2.54. The van der Waals surface area contributed by atoms with Gasteiger partial charge in [0.25, 0.3) is 5.91 Å². The lowest BCUT2D eigenvalue weighted by atomic mass is 9.99. The normalized spacial score (nSPS) is 19.0. The van der Waals surface area contributed by atoms with Crippen molar-refractivity contribution < 1.29 is 19.0 Å². The van der Waals surface area contributed by atoms with E-state index in [0.29, 0.717) is 12.5 Å². The first-order valence-electron chi connectivity index (χ1n) is 7.59. The highest BCUT2D eigenvalue weighted by atomic mass is 19.1. The summed E-state index contributed by atoms with van der Waals surface area (Å²) in [6.45, 7) is 3.31. The van der Waals surface area contributed by atoms with Gasteiger partial charge in [-0.1, -0.05) is 0 Å². The highest BCUT2D eigenvalue weighted by Crippen LogP contribution is 2.17. The lowest BCUT2D eigenvalue weighted by molar-refractivity contribution is 0.0930. The molecule has 5 nitrogen and oxygen atoms in total. The largest absolute Gasteiger partial charge is 0.494 e. The van der Waals surface area contributed by atoms with Gasteiger partial charge in [0, 0.05) is 31.8 Å². The zero-order valence-electron chi connectivity index (χ0n) is 12.8. The molecule has 1 unspecified atom stereocenters. The van der Waals surface area contributed by atoms with Crippen molar-refractivity contribution in [2.45, 2.75) is 12.8 Å². The van der Waals surface area contributed by atoms with Crippen LogP contribution in [0, 0.1) is 11.7 Å². The van der Waals surface area contributed by atoms with Crippen LogP contribution in [0.1, 0.15) is 23.2 Å². The van der Waals surface area contributed by atoms with Gasteiger partial charge in [-0.2, -0.15) is 0 Å². The van der Waals surface area contributed by atoms with E-state index in [0.717, 1.165) is 32.5 Å². The quantitative estimate of drug-likeness (QED) is 0.831. The van der Waals surface area contributed by atoms with E-state index in [1.165, 1.54) is 19.2 Å². The molecule has 0 aliphatic carbocycles. The summed E-state index contributed by atoms with van der Waals surface area (Å²) in [5.74, 6) is -0.380. The molecular formula is C16H23FN2O3. The Morgan fingerprint density at radius 3 is 3.05 bits per heavy atom. The Labute approximate surface area is 130 Å². The van der Waals surface area contributed by atoms with Gasteiger partial charge in [0.2, 0.25) is 0 Å². The number of ether oxygens (including phenoxy) is 1. The highest BCUT2D eigenvalue weighted by molar-refractivity contribution is 5.94. The van der Waals surface area contributed by atoms with Gasteiger partial charge >= 0.3 is 0 Å². The number of carbonyl (C=O) groups is 1. The van der Waals surface area contributed by atoms with Gasteiger partial charge in [0.1, 0.15) is 0 Å². The number of nitrogens with one attached hydrogen (secondary N) is 1. The maximum atomic E-state index is 13.6. The average molecular weight is 310 g/mol. The summed E-state index contributed by atoms with van der Waals surface area (Å²) >= 11 is 0. The first-order valence-corrected chi connectivity index (χ1v) is 7.59. The summed E-state index contributed by atoms with van der Waals surface area (Å²) in [5, 5.41) is 12.0. The van der Waals surface area contributed by atoms with E-state index in [9.17, 15) is 14.3 Å². The highest BCUT2D eigenvalue weighted by Gasteiger charge is 2.19. The van der Waals surface area contributed by atoms with Crippen LogP contribution in [0.4, 0.5) is 4.39 Å². The van der Waals surface area contributed by atoms with E-state index >= 15 is 0 Å². The Kier molecular flexibility index (Phi) is 6.15. The molecule has 0 bridgehead atoms. The number of methoxy groups -OCH3 is 1. The molecule has 1 aliphatic heterocycles. The second kappa shape index (κ2) is 8.10. The molecule has 22 heavy (non-hydrogen) atoms. The number of carbonyl (C=O) groups excluding carboxylic acids is 1. The van der Waals surface area contributed by atoms with Crippen molar-refractivity contribution in [2.24, 2.45) is 5.92 Å². The third-order valence-electron chi connectivity index (χ3n) is 3.99. The van der Waals surface area contributed by atoms with Crippen LogP contribution in [0.3, 0.4) is 0 Å². The molecule has 1 atom stereocenters. The van der Waals surface area contributed by atoms with Crippen LogP contribution in [-0.2, 0) is 0 Å².